The first kappa shape index (κ1) is 75.7. The summed E-state index contributed by atoms with van der Waals surface area (Å²) >= 11 is 0. The Bertz CT molecular complexity index is 3900. The fourth-order valence-electron chi connectivity index (χ4n) is 13.1. The van der Waals surface area contributed by atoms with Crippen LogP contribution >= 0.6 is 0 Å². The van der Waals surface area contributed by atoms with Crippen molar-refractivity contribution >= 4 is 80.9 Å². The molecule has 2 aliphatic heterocycles. The van der Waals surface area contributed by atoms with Crippen molar-refractivity contribution in [1.29, 1.82) is 0 Å². The van der Waals surface area contributed by atoms with Gasteiger partial charge in [0.2, 0.25) is 35.4 Å². The predicted molar refractivity (Wildman–Crippen MR) is 372 cm³/mol. The van der Waals surface area contributed by atoms with E-state index in [-0.39, 0.29) is 50.5 Å². The number of hydrogen-bond donors (Lipinski definition) is 9. The van der Waals surface area contributed by atoms with Crippen LogP contribution in [0, 0.1) is 20.6 Å². The fourth-order valence-corrected chi connectivity index (χ4v) is 13.6. The third-order valence-electron chi connectivity index (χ3n) is 18.6. The van der Waals surface area contributed by atoms with Gasteiger partial charge in [-0.15, -0.1) is 9.81 Å². The highest BCUT2D eigenvalue weighted by atomic mass is 32.2. The highest BCUT2D eigenvalue weighted by molar-refractivity contribution is 7.85. The number of ether oxygens (including phenoxy) is 2. The molecule has 3 unspecified atom stereocenters. The number of amides is 10. The number of aryl methyl sites for hydroxylation is 2. The molecule has 0 bridgehead atoms. The van der Waals surface area contributed by atoms with Crippen molar-refractivity contribution < 1.29 is 70.4 Å². The van der Waals surface area contributed by atoms with E-state index in [1.807, 2.05) is 48.5 Å². The smallest absolute Gasteiger partial charge is 0.408 e. The van der Waals surface area contributed by atoms with Crippen LogP contribution in [0.25, 0.3) is 0 Å². The number of carbonyl (C=O) groups excluding carboxylic acids is 10. The number of likely N-dealkylation sites (tertiary alicyclic amines) is 2. The summed E-state index contributed by atoms with van der Waals surface area (Å²) in [5.74, 6) is -6.17. The Morgan fingerprint density at radius 2 is 0.902 bits per heavy atom. The largest absolute Gasteiger partial charge is 0.445 e. The van der Waals surface area contributed by atoms with E-state index in [0.29, 0.717) is 24.0 Å². The lowest BCUT2D eigenvalue weighted by Gasteiger charge is -2.36. The van der Waals surface area contributed by atoms with Gasteiger partial charge in [0.1, 0.15) is 60.8 Å². The molecular formula is C72H86N12O17S. The predicted octanol–water partition coefficient (Wildman–Crippen LogP) is 7.21. The van der Waals surface area contributed by atoms with Crippen molar-refractivity contribution in [3.8, 4) is 0 Å². The van der Waals surface area contributed by atoms with E-state index < -0.39 is 157 Å². The maximum atomic E-state index is 15.1. The molecule has 9 N–H and O–H groups in total. The number of alkyl carbamates (subject to hydrolysis) is 2. The summed E-state index contributed by atoms with van der Waals surface area (Å²) in [5, 5.41) is 27.9. The molecule has 30 heteroatoms. The van der Waals surface area contributed by atoms with E-state index in [1.54, 1.807) is 41.5 Å². The number of hydrogen-bond acceptors (Lipinski definition) is 18. The highest BCUT2D eigenvalue weighted by Gasteiger charge is 2.48. The first-order valence-electron chi connectivity index (χ1n) is 33.7. The van der Waals surface area contributed by atoms with E-state index in [1.165, 1.54) is 72.2 Å². The first-order chi connectivity index (χ1) is 48.3. The molecule has 10 atom stereocenters. The van der Waals surface area contributed by atoms with E-state index in [0.717, 1.165) is 66.1 Å². The molecule has 10 amide bonds. The minimum atomic E-state index is -5.17. The fraction of sp³-hybridized carbons (Fsp3) is 0.444. The van der Waals surface area contributed by atoms with Gasteiger partial charge in [-0.25, -0.2) is 9.59 Å². The highest BCUT2D eigenvalue weighted by Crippen LogP contribution is 2.35. The number of nitrogens with zero attached hydrogens (tertiary/aromatic N) is 4. The zero-order valence-electron chi connectivity index (χ0n) is 57.9. The Kier molecular flexibility index (Phi) is 24.1. The molecule has 0 saturated carbocycles. The van der Waals surface area contributed by atoms with Crippen LogP contribution in [0.3, 0.4) is 0 Å². The Hall–Kier alpha value is -10.5. The van der Waals surface area contributed by atoms with E-state index in [9.17, 15) is 61.1 Å². The van der Waals surface area contributed by atoms with Gasteiger partial charge >= 0.3 is 12.2 Å². The monoisotopic (exact) mass is 1420 g/mol. The molecule has 2 heterocycles. The zero-order valence-corrected chi connectivity index (χ0v) is 58.7. The molecule has 542 valence electrons. The van der Waals surface area contributed by atoms with Gasteiger partial charge in [-0.3, -0.25) is 42.9 Å². The van der Waals surface area contributed by atoms with Crippen molar-refractivity contribution in [3.63, 3.8) is 0 Å². The van der Waals surface area contributed by atoms with Crippen LogP contribution in [0.1, 0.15) is 160 Å². The SMILES string of the molecule is C[C@H](NC(=O)OCc1ccc(N=O)cc1)C(=O)NC(C(=O)N1C[C@@H](NC(=O)c2cc(C(=O)N[C@H]3CC(C(=O)N[C@@H]4CCCc5ccccc54)N(C(=O)[C@@H](NC(=O)[C@H](C)NC(=O)OCc4ccc(N=O)cc4)C(C)(C)C)C3)cc(S(=O)(=O)O)c2)CC1C(=O)N[C@@H]1CCCc2ccccc21)C(C)(C)C. The Morgan fingerprint density at radius 1 is 0.529 bits per heavy atom. The normalized spacial score (nSPS) is 19.9. The Morgan fingerprint density at radius 3 is 1.25 bits per heavy atom. The van der Waals surface area contributed by atoms with Gasteiger partial charge in [0.25, 0.3) is 21.9 Å². The number of carbonyl (C=O) groups is 10. The number of nitrogens with one attached hydrogen (secondary N) is 8. The molecule has 2 fully saturated rings. The molecule has 5 aromatic rings. The third kappa shape index (κ3) is 19.1. The minimum Gasteiger partial charge on any atom is -0.445 e. The van der Waals surface area contributed by atoms with Gasteiger partial charge in [-0.2, -0.15) is 8.42 Å². The first-order valence-corrected chi connectivity index (χ1v) is 35.2. The molecule has 2 saturated heterocycles. The lowest BCUT2D eigenvalue weighted by atomic mass is 9.85. The zero-order chi connectivity index (χ0) is 74.0. The number of nitroso groups, excluding NO2 is 2. The van der Waals surface area contributed by atoms with Crippen molar-refractivity contribution in [2.45, 2.75) is 185 Å². The molecule has 5 aromatic carbocycles. The summed E-state index contributed by atoms with van der Waals surface area (Å²) in [6.07, 6.45) is 1.87. The lowest BCUT2D eigenvalue weighted by molar-refractivity contribution is -0.144. The number of fused-ring (bicyclic) bond motifs is 2. The Balaban J connectivity index is 0.933. The molecule has 0 spiro atoms. The van der Waals surface area contributed by atoms with Gasteiger partial charge in [0, 0.05) is 36.3 Å². The molecule has 102 heavy (non-hydrogen) atoms. The van der Waals surface area contributed by atoms with E-state index >= 15 is 9.59 Å². The quantitative estimate of drug-likeness (QED) is 0.0230. The van der Waals surface area contributed by atoms with Crippen LogP contribution in [0.2, 0.25) is 0 Å². The molecule has 29 nitrogen and oxygen atoms in total. The van der Waals surface area contributed by atoms with Gasteiger partial charge in [-0.1, -0.05) is 114 Å². The van der Waals surface area contributed by atoms with E-state index in [2.05, 4.69) is 52.9 Å². The molecule has 0 aromatic heterocycles. The number of benzene rings is 5. The minimum absolute atomic E-state index is 0.171. The van der Waals surface area contributed by atoms with Gasteiger partial charge in [0.15, 0.2) is 0 Å². The van der Waals surface area contributed by atoms with Crippen LogP contribution < -0.4 is 42.5 Å². The maximum absolute atomic E-state index is 15.1. The molecule has 0 radical (unpaired) electrons. The van der Waals surface area contributed by atoms with E-state index in [4.69, 9.17) is 9.47 Å². The second kappa shape index (κ2) is 32.4. The van der Waals surface area contributed by atoms with Gasteiger partial charge in [-0.05, 0) is 162 Å². The van der Waals surface area contributed by atoms with Crippen molar-refractivity contribution in [2.75, 3.05) is 13.1 Å². The third-order valence-corrected chi connectivity index (χ3v) is 19.5. The van der Waals surface area contributed by atoms with Crippen LogP contribution in [-0.4, -0.2) is 144 Å². The van der Waals surface area contributed by atoms with Gasteiger partial charge in [0.05, 0.1) is 17.0 Å². The summed E-state index contributed by atoms with van der Waals surface area (Å²) in [6, 6.07) is 19.1. The summed E-state index contributed by atoms with van der Waals surface area (Å²) in [7, 11) is -5.17. The second-order valence-electron chi connectivity index (χ2n) is 28.4. The second-order valence-corrected chi connectivity index (χ2v) is 29.8. The number of rotatable bonds is 23. The topological polar surface area (TPSA) is 405 Å². The summed E-state index contributed by atoms with van der Waals surface area (Å²) in [4.78, 5) is 166. The van der Waals surface area contributed by atoms with Crippen molar-refractivity contribution in [1.82, 2.24) is 52.3 Å². The van der Waals surface area contributed by atoms with Crippen molar-refractivity contribution in [3.05, 3.63) is 170 Å². The average Bonchev–Trinajstić information content (AvgIpc) is 1.59. The molecule has 9 rings (SSSR count). The summed E-state index contributed by atoms with van der Waals surface area (Å²) in [6.45, 7) is 11.7. The molecule has 2 aliphatic carbocycles. The average molecular weight is 1420 g/mol. The molecule has 4 aliphatic rings. The standard InChI is InChI=1S/C72H86N12O17S/c1-40(73-69(93)100-38-42-23-27-48(81-95)28-24-42)61(85)79-59(71(3,4)5)67(91)83-36-50(34-57(83)65(89)77-55-21-13-17-44-15-9-11-19-53(44)55)75-63(87)46-31-47(33-52(32-46)102(97,98)99)64(88)76-51-35-58(66(90)78-56-22-14-18-45-16-10-12-20-54(45)56)84(37-51)68(92)60(72(6,7)8)80-62(86)41(2)74-70(94)101-39-43-25-29-49(82-96)30-26-43/h9-12,15-16,19-20,23-33,40-41,50-51,55-60H,13-14,17-18,21-22,34-39H2,1-8H3,(H,73,93)(H,74,94)(H,75,87)(H,76,88)(H,77,89)(H,78,90)(H,79,85)(H,80,86)(H,97,98,99)/t40-,41-,50-,51-,55+,56+,57?,58?,59+,60?/m0/s1. The maximum Gasteiger partial charge on any atom is 0.408 e. The van der Waals surface area contributed by atoms with Gasteiger partial charge < -0.3 is 61.8 Å². The van der Waals surface area contributed by atoms with Crippen LogP contribution in [0.5, 0.6) is 0 Å². The van der Waals surface area contributed by atoms with Crippen molar-refractivity contribution in [2.24, 2.45) is 21.2 Å². The van der Waals surface area contributed by atoms with Crippen LogP contribution in [-0.2, 0) is 74.4 Å². The van der Waals surface area contributed by atoms with Crippen LogP contribution in [0.15, 0.2) is 131 Å². The molecular weight excluding hydrogens is 1340 g/mol. The lowest BCUT2D eigenvalue weighted by Crippen LogP contribution is -2.60. The Labute approximate surface area is 590 Å². The van der Waals surface area contributed by atoms with Crippen LogP contribution in [0.4, 0.5) is 21.0 Å². The summed E-state index contributed by atoms with van der Waals surface area (Å²) < 4.78 is 47.2. The summed E-state index contributed by atoms with van der Waals surface area (Å²) in [5.41, 5.74) is 2.25.